The highest BCUT2D eigenvalue weighted by Crippen LogP contribution is 2.11. The van der Waals surface area contributed by atoms with Crippen LogP contribution >= 0.6 is 0 Å². The molecule has 4 heteroatoms. The second-order valence-electron chi connectivity index (χ2n) is 4.55. The van der Waals surface area contributed by atoms with Crippen LogP contribution in [0.3, 0.4) is 0 Å². The number of hydrogen-bond donors (Lipinski definition) is 0. The molecule has 0 N–H and O–H groups in total. The van der Waals surface area contributed by atoms with Gasteiger partial charge in [-0.25, -0.2) is 0 Å². The Morgan fingerprint density at radius 3 is 2.36 bits per heavy atom. The molecule has 0 aromatic carbocycles. The molecule has 14 heavy (non-hydrogen) atoms. The minimum absolute atomic E-state index is 0.156. The third kappa shape index (κ3) is 5.68. The van der Waals surface area contributed by atoms with Crippen molar-refractivity contribution in [2.75, 3.05) is 0 Å². The molecule has 0 spiro atoms. The molecule has 0 saturated carbocycles. The third-order valence-electron chi connectivity index (χ3n) is 1.95. The second kappa shape index (κ2) is 5.74. The molecule has 2 unspecified atom stereocenters. The van der Waals surface area contributed by atoms with Gasteiger partial charge in [-0.3, -0.25) is 0 Å². The van der Waals surface area contributed by atoms with Crippen molar-refractivity contribution in [3.05, 3.63) is 10.4 Å². The standard InChI is InChI=1S/C10H19N3Si/c1-6-9(2)10(12-13-11)7-8-14(3,4)5/h9-10H,6H2,1-5H3. The van der Waals surface area contributed by atoms with Crippen molar-refractivity contribution in [2.45, 2.75) is 46.0 Å². The van der Waals surface area contributed by atoms with Gasteiger partial charge < -0.3 is 0 Å². The van der Waals surface area contributed by atoms with Crippen LogP contribution in [0.15, 0.2) is 5.11 Å². The molecule has 0 saturated heterocycles. The number of rotatable bonds is 3. The summed E-state index contributed by atoms with van der Waals surface area (Å²) in [6.45, 7) is 10.7. The maximum atomic E-state index is 8.41. The molecule has 0 amide bonds. The third-order valence-corrected chi connectivity index (χ3v) is 2.85. The lowest BCUT2D eigenvalue weighted by atomic mass is 10.0. The first kappa shape index (κ1) is 13.1. The molecule has 0 aliphatic heterocycles. The van der Waals surface area contributed by atoms with E-state index in [4.69, 9.17) is 5.53 Å². The summed E-state index contributed by atoms with van der Waals surface area (Å²) in [5.41, 5.74) is 11.7. The van der Waals surface area contributed by atoms with Crippen LogP contribution in [-0.4, -0.2) is 14.1 Å². The van der Waals surface area contributed by atoms with Gasteiger partial charge in [-0.1, -0.05) is 45.0 Å². The Morgan fingerprint density at radius 2 is 2.00 bits per heavy atom. The zero-order chi connectivity index (χ0) is 11.2. The van der Waals surface area contributed by atoms with Gasteiger partial charge in [0.05, 0.1) is 0 Å². The summed E-state index contributed by atoms with van der Waals surface area (Å²) in [7, 11) is -1.35. The number of nitrogens with zero attached hydrogens (tertiary/aromatic N) is 3. The van der Waals surface area contributed by atoms with Crippen LogP contribution in [0.2, 0.25) is 19.6 Å². The van der Waals surface area contributed by atoms with Crippen molar-refractivity contribution in [3.8, 4) is 11.5 Å². The van der Waals surface area contributed by atoms with Crippen LogP contribution in [0.5, 0.6) is 0 Å². The predicted octanol–water partition coefficient (Wildman–Crippen LogP) is 3.59. The Kier molecular flexibility index (Phi) is 5.37. The van der Waals surface area contributed by atoms with Crippen LogP contribution in [0.1, 0.15) is 20.3 Å². The van der Waals surface area contributed by atoms with Gasteiger partial charge >= 0.3 is 0 Å². The molecule has 0 fully saturated rings. The number of hydrogen-bond acceptors (Lipinski definition) is 1. The average molecular weight is 209 g/mol. The van der Waals surface area contributed by atoms with Crippen LogP contribution in [-0.2, 0) is 0 Å². The summed E-state index contributed by atoms with van der Waals surface area (Å²) < 4.78 is 0. The van der Waals surface area contributed by atoms with Crippen molar-refractivity contribution < 1.29 is 0 Å². The van der Waals surface area contributed by atoms with Gasteiger partial charge in [0.15, 0.2) is 0 Å². The summed E-state index contributed by atoms with van der Waals surface area (Å²) in [5.74, 6) is 3.44. The summed E-state index contributed by atoms with van der Waals surface area (Å²) in [4.78, 5) is 2.84. The first-order valence-corrected chi connectivity index (χ1v) is 8.47. The maximum Gasteiger partial charge on any atom is 0.129 e. The highest BCUT2D eigenvalue weighted by Gasteiger charge is 2.13. The first-order chi connectivity index (χ1) is 6.40. The van der Waals surface area contributed by atoms with E-state index in [1.165, 1.54) is 0 Å². The van der Waals surface area contributed by atoms with Crippen molar-refractivity contribution in [1.82, 2.24) is 0 Å². The quantitative estimate of drug-likeness (QED) is 0.224. The van der Waals surface area contributed by atoms with E-state index in [1.54, 1.807) is 0 Å². The Bertz CT molecular complexity index is 276. The van der Waals surface area contributed by atoms with E-state index in [0.29, 0.717) is 5.92 Å². The molecule has 0 aliphatic rings. The minimum Gasteiger partial charge on any atom is -0.132 e. The van der Waals surface area contributed by atoms with Gasteiger partial charge in [0.2, 0.25) is 0 Å². The smallest absolute Gasteiger partial charge is 0.129 e. The molecular formula is C10H19N3Si. The summed E-state index contributed by atoms with van der Waals surface area (Å²) in [6.07, 6.45) is 0.990. The molecule has 0 aliphatic carbocycles. The van der Waals surface area contributed by atoms with Gasteiger partial charge in [-0.05, 0) is 11.4 Å². The van der Waals surface area contributed by atoms with Crippen LogP contribution in [0.4, 0.5) is 0 Å². The fraction of sp³-hybridized carbons (Fsp3) is 0.800. The topological polar surface area (TPSA) is 48.8 Å². The molecule has 0 bridgehead atoms. The Balaban J connectivity index is 4.66. The zero-order valence-electron chi connectivity index (χ0n) is 9.70. The van der Waals surface area contributed by atoms with E-state index in [0.717, 1.165) is 6.42 Å². The predicted molar refractivity (Wildman–Crippen MR) is 63.5 cm³/mol. The monoisotopic (exact) mass is 209 g/mol. The van der Waals surface area contributed by atoms with E-state index in [9.17, 15) is 0 Å². The Hall–Kier alpha value is -0.913. The Labute approximate surface area is 87.5 Å². The van der Waals surface area contributed by atoms with E-state index >= 15 is 0 Å². The SMILES string of the molecule is CCC(C)C(C#C[Si](C)(C)C)N=[N+]=[N-]. The van der Waals surface area contributed by atoms with Crippen molar-refractivity contribution in [1.29, 1.82) is 0 Å². The molecule has 0 aromatic rings. The van der Waals surface area contributed by atoms with Gasteiger partial charge in [-0.15, -0.1) is 11.5 Å². The summed E-state index contributed by atoms with van der Waals surface area (Å²) >= 11 is 0. The van der Waals surface area contributed by atoms with E-state index in [2.05, 4.69) is 55.0 Å². The van der Waals surface area contributed by atoms with Gasteiger partial charge in [0, 0.05) is 4.91 Å². The van der Waals surface area contributed by atoms with Crippen molar-refractivity contribution in [2.24, 2.45) is 11.0 Å². The highest BCUT2D eigenvalue weighted by molar-refractivity contribution is 6.83. The lowest BCUT2D eigenvalue weighted by molar-refractivity contribution is 0.512. The van der Waals surface area contributed by atoms with Crippen molar-refractivity contribution >= 4 is 8.07 Å². The summed E-state index contributed by atoms with van der Waals surface area (Å²) in [6, 6.07) is -0.156. The highest BCUT2D eigenvalue weighted by atomic mass is 28.3. The second-order valence-corrected chi connectivity index (χ2v) is 9.30. The molecule has 0 radical (unpaired) electrons. The van der Waals surface area contributed by atoms with Crippen molar-refractivity contribution in [3.63, 3.8) is 0 Å². The first-order valence-electron chi connectivity index (χ1n) is 4.97. The lowest BCUT2D eigenvalue weighted by Gasteiger charge is -2.12. The lowest BCUT2D eigenvalue weighted by Crippen LogP contribution is -2.19. The average Bonchev–Trinajstić information content (AvgIpc) is 2.09. The van der Waals surface area contributed by atoms with Gasteiger partial charge in [-0.2, -0.15) is 0 Å². The van der Waals surface area contributed by atoms with Gasteiger partial charge in [0.1, 0.15) is 14.1 Å². The van der Waals surface area contributed by atoms with E-state index in [-0.39, 0.29) is 6.04 Å². The molecule has 78 valence electrons. The van der Waals surface area contributed by atoms with E-state index in [1.807, 2.05) is 0 Å². The van der Waals surface area contributed by atoms with Crippen LogP contribution in [0.25, 0.3) is 10.4 Å². The largest absolute Gasteiger partial charge is 0.132 e. The van der Waals surface area contributed by atoms with Crippen LogP contribution in [0, 0.1) is 17.4 Å². The fourth-order valence-corrected chi connectivity index (χ4v) is 1.44. The number of azide groups is 1. The zero-order valence-corrected chi connectivity index (χ0v) is 10.7. The molecule has 0 heterocycles. The normalized spacial score (nSPS) is 14.6. The molecule has 0 aromatic heterocycles. The fourth-order valence-electron chi connectivity index (χ4n) is 0.854. The molecule has 3 nitrogen and oxygen atoms in total. The Morgan fingerprint density at radius 1 is 1.43 bits per heavy atom. The minimum atomic E-state index is -1.35. The van der Waals surface area contributed by atoms with Crippen LogP contribution < -0.4 is 0 Å². The molecule has 0 rings (SSSR count). The molecular weight excluding hydrogens is 190 g/mol. The van der Waals surface area contributed by atoms with Gasteiger partial charge in [0.25, 0.3) is 0 Å². The maximum absolute atomic E-state index is 8.41. The van der Waals surface area contributed by atoms with E-state index < -0.39 is 8.07 Å². The summed E-state index contributed by atoms with van der Waals surface area (Å²) in [5, 5.41) is 3.73. The molecule has 2 atom stereocenters.